The third kappa shape index (κ3) is 3.32. The van der Waals surface area contributed by atoms with Crippen molar-refractivity contribution in [2.75, 3.05) is 0 Å². The number of carbonyl (C=O) groups is 1. The van der Waals surface area contributed by atoms with Gasteiger partial charge in [0.05, 0.1) is 5.60 Å². The third-order valence-electron chi connectivity index (χ3n) is 2.60. The van der Waals surface area contributed by atoms with Gasteiger partial charge in [0.1, 0.15) is 6.04 Å². The number of allylic oxidation sites excluding steroid dienone is 1. The molecular formula is C12H17NO3. The zero-order valence-electron chi connectivity index (χ0n) is 9.10. The molecule has 4 heteroatoms. The van der Waals surface area contributed by atoms with Crippen molar-refractivity contribution in [3.63, 3.8) is 0 Å². The number of rotatable bonds is 5. The van der Waals surface area contributed by atoms with Crippen LogP contribution in [0.3, 0.4) is 0 Å². The van der Waals surface area contributed by atoms with Gasteiger partial charge in [0.15, 0.2) is 0 Å². The Hall–Kier alpha value is -1.39. The van der Waals surface area contributed by atoms with E-state index < -0.39 is 17.6 Å². The van der Waals surface area contributed by atoms with Crippen molar-refractivity contribution in [1.29, 1.82) is 0 Å². The van der Waals surface area contributed by atoms with Crippen molar-refractivity contribution < 1.29 is 15.0 Å². The summed E-state index contributed by atoms with van der Waals surface area (Å²) in [4.78, 5) is 10.6. The fourth-order valence-corrected chi connectivity index (χ4v) is 1.60. The summed E-state index contributed by atoms with van der Waals surface area (Å²) in [5, 5.41) is 18.6. The first-order valence-corrected chi connectivity index (χ1v) is 5.17. The van der Waals surface area contributed by atoms with Gasteiger partial charge in [-0.15, -0.1) is 6.58 Å². The molecule has 0 fully saturated rings. The number of nitrogens with two attached hydrogens (primary N) is 1. The van der Waals surface area contributed by atoms with Crippen LogP contribution < -0.4 is 5.73 Å². The summed E-state index contributed by atoms with van der Waals surface area (Å²) in [6.45, 7) is 3.58. The number of hydrogen-bond donors (Lipinski definition) is 3. The Morgan fingerprint density at radius 1 is 1.75 bits per heavy atom. The summed E-state index contributed by atoms with van der Waals surface area (Å²) < 4.78 is 0. The van der Waals surface area contributed by atoms with Crippen LogP contribution in [0.4, 0.5) is 0 Å². The number of aliphatic carboxylic acids is 1. The van der Waals surface area contributed by atoms with Gasteiger partial charge in [0.2, 0.25) is 0 Å². The number of aliphatic hydroxyl groups is 1. The molecule has 0 saturated carbocycles. The van der Waals surface area contributed by atoms with E-state index in [0.717, 1.165) is 5.57 Å². The summed E-state index contributed by atoms with van der Waals surface area (Å²) in [6, 6.07) is -0.888. The highest BCUT2D eigenvalue weighted by molar-refractivity contribution is 5.73. The molecule has 16 heavy (non-hydrogen) atoms. The van der Waals surface area contributed by atoms with Crippen LogP contribution in [0, 0.1) is 0 Å². The van der Waals surface area contributed by atoms with Gasteiger partial charge in [-0.05, 0) is 24.8 Å². The van der Waals surface area contributed by atoms with Crippen molar-refractivity contribution in [2.45, 2.75) is 30.9 Å². The highest BCUT2D eigenvalue weighted by Gasteiger charge is 2.24. The second-order valence-electron chi connectivity index (χ2n) is 4.06. The highest BCUT2D eigenvalue weighted by Crippen LogP contribution is 2.26. The van der Waals surface area contributed by atoms with Crippen LogP contribution in [0.2, 0.25) is 0 Å². The van der Waals surface area contributed by atoms with E-state index in [0.29, 0.717) is 12.8 Å². The van der Waals surface area contributed by atoms with Crippen molar-refractivity contribution in [2.24, 2.45) is 5.73 Å². The van der Waals surface area contributed by atoms with Gasteiger partial charge in [0, 0.05) is 0 Å². The number of carboxylic acid groups (broad SMARTS) is 1. The Morgan fingerprint density at radius 3 is 2.88 bits per heavy atom. The SMILES string of the molecule is C=CCC1(O)C=CC(C[C@H](N)C(=O)O)=CC1. The molecule has 4 nitrogen and oxygen atoms in total. The predicted molar refractivity (Wildman–Crippen MR) is 61.8 cm³/mol. The first kappa shape index (κ1) is 12.7. The van der Waals surface area contributed by atoms with Crippen molar-refractivity contribution >= 4 is 5.97 Å². The van der Waals surface area contributed by atoms with Crippen LogP contribution in [-0.2, 0) is 4.79 Å². The molecule has 1 aliphatic carbocycles. The fourth-order valence-electron chi connectivity index (χ4n) is 1.60. The molecule has 0 aromatic heterocycles. The van der Waals surface area contributed by atoms with E-state index in [4.69, 9.17) is 10.8 Å². The molecule has 0 saturated heterocycles. The van der Waals surface area contributed by atoms with Crippen LogP contribution in [0.15, 0.2) is 36.5 Å². The monoisotopic (exact) mass is 223 g/mol. The lowest BCUT2D eigenvalue weighted by Gasteiger charge is -2.25. The van der Waals surface area contributed by atoms with E-state index in [9.17, 15) is 9.90 Å². The van der Waals surface area contributed by atoms with Crippen molar-refractivity contribution in [3.05, 3.63) is 36.5 Å². The molecule has 1 unspecified atom stereocenters. The molecule has 0 aliphatic heterocycles. The second kappa shape index (κ2) is 5.09. The van der Waals surface area contributed by atoms with Gasteiger partial charge in [-0.2, -0.15) is 0 Å². The van der Waals surface area contributed by atoms with Gasteiger partial charge in [-0.25, -0.2) is 0 Å². The lowest BCUT2D eigenvalue weighted by molar-refractivity contribution is -0.138. The van der Waals surface area contributed by atoms with E-state index in [-0.39, 0.29) is 6.42 Å². The molecule has 0 bridgehead atoms. The minimum absolute atomic E-state index is 0.288. The summed E-state index contributed by atoms with van der Waals surface area (Å²) >= 11 is 0. The molecule has 0 aromatic rings. The van der Waals surface area contributed by atoms with Gasteiger partial charge in [0.25, 0.3) is 0 Å². The molecule has 0 radical (unpaired) electrons. The Morgan fingerprint density at radius 2 is 2.44 bits per heavy atom. The molecular weight excluding hydrogens is 206 g/mol. The minimum Gasteiger partial charge on any atom is -0.480 e. The van der Waals surface area contributed by atoms with Gasteiger partial charge in [-0.1, -0.05) is 24.3 Å². The molecule has 1 aliphatic rings. The van der Waals surface area contributed by atoms with E-state index in [1.165, 1.54) is 0 Å². The topological polar surface area (TPSA) is 83.5 Å². The zero-order chi connectivity index (χ0) is 12.2. The Bertz CT molecular complexity index is 346. The molecule has 0 heterocycles. The average Bonchev–Trinajstić information content (AvgIpc) is 2.22. The number of hydrogen-bond acceptors (Lipinski definition) is 3. The van der Waals surface area contributed by atoms with Crippen LogP contribution >= 0.6 is 0 Å². The van der Waals surface area contributed by atoms with Gasteiger partial charge < -0.3 is 15.9 Å². The van der Waals surface area contributed by atoms with Gasteiger partial charge >= 0.3 is 5.97 Å². The highest BCUT2D eigenvalue weighted by atomic mass is 16.4. The fraction of sp³-hybridized carbons (Fsp3) is 0.417. The summed E-state index contributed by atoms with van der Waals surface area (Å²) in [5.41, 5.74) is 5.39. The summed E-state index contributed by atoms with van der Waals surface area (Å²) in [6.07, 6.45) is 8.14. The minimum atomic E-state index is -1.01. The Balaban J connectivity index is 2.57. The average molecular weight is 223 g/mol. The zero-order valence-corrected chi connectivity index (χ0v) is 9.10. The third-order valence-corrected chi connectivity index (χ3v) is 2.60. The molecule has 2 atom stereocenters. The van der Waals surface area contributed by atoms with E-state index >= 15 is 0 Å². The molecule has 4 N–H and O–H groups in total. The van der Waals surface area contributed by atoms with E-state index in [1.54, 1.807) is 18.2 Å². The first-order chi connectivity index (χ1) is 7.47. The lowest BCUT2D eigenvalue weighted by atomic mass is 9.87. The standard InChI is InChI=1S/C12H17NO3/c1-2-5-12(16)6-3-9(4-7-12)8-10(13)11(14)15/h2-4,6,10,16H,1,5,7-8,13H2,(H,14,15)/t10-,12?/m0/s1. The molecule has 88 valence electrons. The Kier molecular flexibility index (Phi) is 4.04. The molecule has 0 spiro atoms. The van der Waals surface area contributed by atoms with Crippen molar-refractivity contribution in [1.82, 2.24) is 0 Å². The van der Waals surface area contributed by atoms with Crippen LogP contribution in [0.1, 0.15) is 19.3 Å². The summed E-state index contributed by atoms with van der Waals surface area (Å²) in [7, 11) is 0. The summed E-state index contributed by atoms with van der Waals surface area (Å²) in [5.74, 6) is -1.01. The van der Waals surface area contributed by atoms with E-state index in [2.05, 4.69) is 6.58 Å². The Labute approximate surface area is 94.8 Å². The molecule has 0 aromatic carbocycles. The first-order valence-electron chi connectivity index (χ1n) is 5.17. The maximum atomic E-state index is 10.6. The smallest absolute Gasteiger partial charge is 0.320 e. The van der Waals surface area contributed by atoms with Crippen molar-refractivity contribution in [3.8, 4) is 0 Å². The van der Waals surface area contributed by atoms with Crippen LogP contribution in [0.5, 0.6) is 0 Å². The quantitative estimate of drug-likeness (QED) is 0.607. The normalized spacial score (nSPS) is 26.0. The molecule has 0 amide bonds. The van der Waals surface area contributed by atoms with Gasteiger partial charge in [-0.3, -0.25) is 4.79 Å². The van der Waals surface area contributed by atoms with E-state index in [1.807, 2.05) is 6.08 Å². The maximum Gasteiger partial charge on any atom is 0.320 e. The van der Waals surface area contributed by atoms with Crippen LogP contribution in [0.25, 0.3) is 0 Å². The van der Waals surface area contributed by atoms with Crippen LogP contribution in [-0.4, -0.2) is 27.8 Å². The number of carboxylic acids is 1. The second-order valence-corrected chi connectivity index (χ2v) is 4.06. The largest absolute Gasteiger partial charge is 0.480 e. The maximum absolute atomic E-state index is 10.6. The lowest BCUT2D eigenvalue weighted by Crippen LogP contribution is -2.31. The molecule has 1 rings (SSSR count). The predicted octanol–water partition coefficient (Wildman–Crippen LogP) is 0.982.